The predicted molar refractivity (Wildman–Crippen MR) is 55.0 cm³/mol. The van der Waals surface area contributed by atoms with Crippen LogP contribution in [0.2, 0.25) is 0 Å². The number of nitrogens with two attached hydrogens (primary N) is 1. The summed E-state index contributed by atoms with van der Waals surface area (Å²) < 4.78 is 0. The summed E-state index contributed by atoms with van der Waals surface area (Å²) in [7, 11) is 0. The van der Waals surface area contributed by atoms with Crippen LogP contribution in [-0.2, 0) is 6.54 Å². The highest BCUT2D eigenvalue weighted by Crippen LogP contribution is 2.26. The molecule has 3 N–H and O–H groups in total. The second-order valence-corrected chi connectivity index (χ2v) is 4.06. The molecule has 0 spiro atoms. The Hall–Kier alpha value is -1.13. The number of aromatic nitrogens is 1. The van der Waals surface area contributed by atoms with E-state index in [1.807, 2.05) is 19.1 Å². The second-order valence-electron chi connectivity index (χ2n) is 4.06. The van der Waals surface area contributed by atoms with E-state index in [0.29, 0.717) is 19.6 Å². The number of nitrogens with zero attached hydrogens (tertiary/aromatic N) is 2. The van der Waals surface area contributed by atoms with Crippen LogP contribution in [0, 0.1) is 0 Å². The molecule has 1 aliphatic heterocycles. The number of pyridine rings is 1. The molecule has 2 rings (SSSR count). The number of hydrogen-bond acceptors (Lipinski definition) is 4. The molecule has 0 aromatic carbocycles. The number of β-amino-alcohol motifs (C(OH)–C–C–N with tert-alkyl or cyclic N) is 1. The molecule has 0 amide bonds. The summed E-state index contributed by atoms with van der Waals surface area (Å²) in [4.78, 5) is 6.29. The Balaban J connectivity index is 2.05. The second kappa shape index (κ2) is 3.22. The van der Waals surface area contributed by atoms with Gasteiger partial charge < -0.3 is 15.7 Å². The van der Waals surface area contributed by atoms with Gasteiger partial charge in [-0.05, 0) is 19.1 Å². The van der Waals surface area contributed by atoms with Crippen LogP contribution >= 0.6 is 0 Å². The fourth-order valence-electron chi connectivity index (χ4n) is 1.68. The zero-order valence-electron chi connectivity index (χ0n) is 8.27. The van der Waals surface area contributed by atoms with Gasteiger partial charge >= 0.3 is 0 Å². The smallest absolute Gasteiger partial charge is 0.0967 e. The Morgan fingerprint density at radius 1 is 1.57 bits per heavy atom. The molecular weight excluding hydrogens is 178 g/mol. The molecule has 1 fully saturated rings. The van der Waals surface area contributed by atoms with Crippen molar-refractivity contribution < 1.29 is 5.11 Å². The molecule has 0 aliphatic carbocycles. The van der Waals surface area contributed by atoms with Crippen molar-refractivity contribution in [2.45, 2.75) is 19.1 Å². The molecule has 76 valence electrons. The Kier molecular flexibility index (Phi) is 2.17. The first-order valence-corrected chi connectivity index (χ1v) is 4.73. The summed E-state index contributed by atoms with van der Waals surface area (Å²) in [6, 6.07) is 3.91. The molecule has 4 nitrogen and oxygen atoms in total. The Labute approximate surface area is 83.4 Å². The molecule has 1 saturated heterocycles. The van der Waals surface area contributed by atoms with Gasteiger partial charge in [-0.3, -0.25) is 4.98 Å². The van der Waals surface area contributed by atoms with E-state index in [1.165, 1.54) is 0 Å². The van der Waals surface area contributed by atoms with E-state index in [4.69, 9.17) is 5.73 Å². The topological polar surface area (TPSA) is 62.4 Å². The van der Waals surface area contributed by atoms with Crippen molar-refractivity contribution in [3.05, 3.63) is 24.0 Å². The minimum atomic E-state index is -0.535. The van der Waals surface area contributed by atoms with Crippen LogP contribution < -0.4 is 10.6 Å². The molecule has 4 heteroatoms. The molecule has 0 saturated carbocycles. The summed E-state index contributed by atoms with van der Waals surface area (Å²) >= 11 is 0. The van der Waals surface area contributed by atoms with Gasteiger partial charge in [0.2, 0.25) is 0 Å². The predicted octanol–water partition coefficient (Wildman–Crippen LogP) is 0.111. The van der Waals surface area contributed by atoms with Crippen LogP contribution in [0.15, 0.2) is 18.3 Å². The largest absolute Gasteiger partial charge is 0.386 e. The first-order valence-electron chi connectivity index (χ1n) is 4.73. The average Bonchev–Trinajstić information content (AvgIpc) is 2.14. The van der Waals surface area contributed by atoms with Crippen molar-refractivity contribution in [3.63, 3.8) is 0 Å². The summed E-state index contributed by atoms with van der Waals surface area (Å²) in [5.41, 5.74) is 6.85. The first kappa shape index (κ1) is 9.43. The third kappa shape index (κ3) is 1.71. The summed E-state index contributed by atoms with van der Waals surface area (Å²) in [5, 5.41) is 9.56. The Morgan fingerprint density at radius 3 is 2.71 bits per heavy atom. The number of rotatable bonds is 2. The van der Waals surface area contributed by atoms with Gasteiger partial charge in [-0.1, -0.05) is 0 Å². The lowest BCUT2D eigenvalue weighted by molar-refractivity contribution is 0.0310. The summed E-state index contributed by atoms with van der Waals surface area (Å²) in [6.45, 7) is 3.66. The maximum Gasteiger partial charge on any atom is 0.0967 e. The van der Waals surface area contributed by atoms with Crippen LogP contribution in [0.25, 0.3) is 0 Å². The van der Waals surface area contributed by atoms with Gasteiger partial charge in [0, 0.05) is 19.6 Å². The number of anilines is 1. The van der Waals surface area contributed by atoms with Crippen LogP contribution in [0.1, 0.15) is 12.6 Å². The maximum absolute atomic E-state index is 9.56. The van der Waals surface area contributed by atoms with Crippen molar-refractivity contribution in [3.8, 4) is 0 Å². The third-order valence-corrected chi connectivity index (χ3v) is 2.45. The maximum atomic E-state index is 9.56. The highest BCUT2D eigenvalue weighted by molar-refractivity contribution is 5.48. The highest BCUT2D eigenvalue weighted by atomic mass is 16.3. The molecule has 2 heterocycles. The van der Waals surface area contributed by atoms with Crippen molar-refractivity contribution in [1.82, 2.24) is 4.98 Å². The fourth-order valence-corrected chi connectivity index (χ4v) is 1.68. The molecule has 1 aromatic rings. The SMILES string of the molecule is CC1(O)CN(c2ccc(CN)nc2)C1. The van der Waals surface area contributed by atoms with Gasteiger partial charge in [0.15, 0.2) is 0 Å². The summed E-state index contributed by atoms with van der Waals surface area (Å²) in [5.74, 6) is 0. The van der Waals surface area contributed by atoms with E-state index in [-0.39, 0.29) is 0 Å². The lowest BCUT2D eigenvalue weighted by Gasteiger charge is -2.45. The fraction of sp³-hybridized carbons (Fsp3) is 0.500. The Bertz CT molecular complexity index is 313. The van der Waals surface area contributed by atoms with E-state index in [0.717, 1.165) is 11.4 Å². The van der Waals surface area contributed by atoms with E-state index >= 15 is 0 Å². The Morgan fingerprint density at radius 2 is 2.29 bits per heavy atom. The van der Waals surface area contributed by atoms with Gasteiger partial charge in [0.25, 0.3) is 0 Å². The zero-order valence-corrected chi connectivity index (χ0v) is 8.27. The molecule has 1 aromatic heterocycles. The third-order valence-electron chi connectivity index (χ3n) is 2.45. The molecule has 0 radical (unpaired) electrons. The van der Waals surface area contributed by atoms with Crippen LogP contribution in [-0.4, -0.2) is 28.8 Å². The van der Waals surface area contributed by atoms with Crippen LogP contribution in [0.4, 0.5) is 5.69 Å². The van der Waals surface area contributed by atoms with Gasteiger partial charge in [0.05, 0.1) is 23.2 Å². The van der Waals surface area contributed by atoms with E-state index in [1.54, 1.807) is 6.20 Å². The molecule has 0 unspecified atom stereocenters. The van der Waals surface area contributed by atoms with Crippen LogP contribution in [0.3, 0.4) is 0 Å². The van der Waals surface area contributed by atoms with E-state index < -0.39 is 5.60 Å². The van der Waals surface area contributed by atoms with Crippen molar-refractivity contribution >= 4 is 5.69 Å². The minimum absolute atomic E-state index is 0.470. The molecule has 0 atom stereocenters. The van der Waals surface area contributed by atoms with E-state index in [9.17, 15) is 5.11 Å². The van der Waals surface area contributed by atoms with Crippen molar-refractivity contribution in [2.24, 2.45) is 5.73 Å². The lowest BCUT2D eigenvalue weighted by Crippen LogP contribution is -2.60. The van der Waals surface area contributed by atoms with Gasteiger partial charge in [-0.25, -0.2) is 0 Å². The molecule has 0 bridgehead atoms. The zero-order chi connectivity index (χ0) is 10.2. The van der Waals surface area contributed by atoms with Crippen molar-refractivity contribution in [2.75, 3.05) is 18.0 Å². The number of hydrogen-bond donors (Lipinski definition) is 2. The van der Waals surface area contributed by atoms with Crippen molar-refractivity contribution in [1.29, 1.82) is 0 Å². The van der Waals surface area contributed by atoms with Gasteiger partial charge in [-0.2, -0.15) is 0 Å². The van der Waals surface area contributed by atoms with E-state index in [2.05, 4.69) is 9.88 Å². The quantitative estimate of drug-likeness (QED) is 0.700. The standard InChI is InChI=1S/C10H15N3O/c1-10(14)6-13(7-10)9-3-2-8(4-11)12-5-9/h2-3,5,14H,4,6-7,11H2,1H3. The monoisotopic (exact) mass is 193 g/mol. The summed E-state index contributed by atoms with van der Waals surface area (Å²) in [6.07, 6.45) is 1.80. The normalized spacial score (nSPS) is 19.2. The highest BCUT2D eigenvalue weighted by Gasteiger charge is 2.36. The molecule has 1 aliphatic rings. The van der Waals surface area contributed by atoms with Gasteiger partial charge in [-0.15, -0.1) is 0 Å². The van der Waals surface area contributed by atoms with Gasteiger partial charge in [0.1, 0.15) is 0 Å². The number of aliphatic hydroxyl groups is 1. The minimum Gasteiger partial charge on any atom is -0.386 e. The molecule has 14 heavy (non-hydrogen) atoms. The average molecular weight is 193 g/mol. The first-order chi connectivity index (χ1) is 6.61. The lowest BCUT2D eigenvalue weighted by atomic mass is 9.96. The molecular formula is C10H15N3O. The van der Waals surface area contributed by atoms with Crippen LogP contribution in [0.5, 0.6) is 0 Å².